The Bertz CT molecular complexity index is 1810. The fourth-order valence-corrected chi connectivity index (χ4v) is 6.16. The Labute approximate surface area is 233 Å². The minimum absolute atomic E-state index is 0.0404. The van der Waals surface area contributed by atoms with Crippen molar-refractivity contribution in [1.29, 1.82) is 0 Å². The van der Waals surface area contributed by atoms with Crippen molar-refractivity contribution >= 4 is 67.7 Å². The molecule has 192 valence electrons. The Balaban J connectivity index is 1.42. The van der Waals surface area contributed by atoms with Gasteiger partial charge in [0.1, 0.15) is 17.0 Å². The fraction of sp³-hybridized carbons (Fsp3) is 0.0741. The van der Waals surface area contributed by atoms with E-state index >= 15 is 0 Å². The molecule has 0 radical (unpaired) electrons. The van der Waals surface area contributed by atoms with Crippen molar-refractivity contribution in [2.45, 2.75) is 18.4 Å². The second-order valence-corrected chi connectivity index (χ2v) is 12.2. The number of aryl methyl sites for hydroxylation is 1. The summed E-state index contributed by atoms with van der Waals surface area (Å²) in [5, 5.41) is 0.565. The first-order valence-corrected chi connectivity index (χ1v) is 14.4. The van der Waals surface area contributed by atoms with E-state index < -0.39 is 15.9 Å². The Kier molecular flexibility index (Phi) is 7.11. The number of pyridine rings is 1. The van der Waals surface area contributed by atoms with Crippen LogP contribution in [0.2, 0.25) is 9.36 Å². The highest BCUT2D eigenvalue weighted by molar-refractivity contribution is 7.90. The van der Waals surface area contributed by atoms with E-state index in [2.05, 4.69) is 21.3 Å². The van der Waals surface area contributed by atoms with Gasteiger partial charge in [-0.25, -0.2) is 23.1 Å². The molecule has 0 saturated heterocycles. The molecule has 3 aromatic heterocycles. The van der Waals surface area contributed by atoms with E-state index in [1.54, 1.807) is 24.3 Å². The molecule has 0 aliphatic carbocycles. The lowest BCUT2D eigenvalue weighted by atomic mass is 10.1. The van der Waals surface area contributed by atoms with Crippen LogP contribution < -0.4 is 4.72 Å². The number of halogens is 2. The summed E-state index contributed by atoms with van der Waals surface area (Å²) in [5.41, 5.74) is 3.51. The third-order valence-corrected chi connectivity index (χ3v) is 8.89. The van der Waals surface area contributed by atoms with Crippen LogP contribution in [0.1, 0.15) is 27.4 Å². The number of fused-ring (bicyclic) bond motifs is 1. The Hall–Kier alpha value is -3.50. The highest BCUT2D eigenvalue weighted by Crippen LogP contribution is 2.33. The van der Waals surface area contributed by atoms with Crippen molar-refractivity contribution in [2.24, 2.45) is 0 Å². The van der Waals surface area contributed by atoms with Gasteiger partial charge in [0, 0.05) is 9.90 Å². The largest absolute Gasteiger partial charge is 0.308 e. The predicted molar refractivity (Wildman–Crippen MR) is 152 cm³/mol. The van der Waals surface area contributed by atoms with Gasteiger partial charge in [0.25, 0.3) is 15.9 Å². The van der Waals surface area contributed by atoms with Crippen molar-refractivity contribution < 1.29 is 13.2 Å². The molecule has 0 atom stereocenters. The van der Waals surface area contributed by atoms with Crippen molar-refractivity contribution in [3.63, 3.8) is 0 Å². The Morgan fingerprint density at radius 3 is 2.47 bits per heavy atom. The van der Waals surface area contributed by atoms with Crippen LogP contribution in [-0.2, 0) is 16.6 Å². The van der Waals surface area contributed by atoms with Crippen LogP contribution in [0.5, 0.6) is 0 Å². The molecule has 0 saturated carbocycles. The maximum atomic E-state index is 12.9. The van der Waals surface area contributed by atoms with Crippen molar-refractivity contribution in [2.75, 3.05) is 0 Å². The molecule has 0 unspecified atom stereocenters. The summed E-state index contributed by atoms with van der Waals surface area (Å²) in [6.45, 7) is 5.83. The van der Waals surface area contributed by atoms with Gasteiger partial charge in [0.15, 0.2) is 5.65 Å². The van der Waals surface area contributed by atoms with Gasteiger partial charge in [0.05, 0.1) is 15.8 Å². The van der Waals surface area contributed by atoms with Crippen LogP contribution >= 0.6 is 34.5 Å². The number of nitrogens with one attached hydrogen (secondary N) is 1. The monoisotopic (exact) mass is 582 g/mol. The number of carbonyl (C=O) groups excluding carboxylic acids is 1. The van der Waals surface area contributed by atoms with Crippen LogP contribution in [0.25, 0.3) is 27.7 Å². The van der Waals surface area contributed by atoms with E-state index in [4.69, 9.17) is 23.2 Å². The first kappa shape index (κ1) is 26.1. The zero-order valence-electron chi connectivity index (χ0n) is 20.0. The summed E-state index contributed by atoms with van der Waals surface area (Å²) in [4.78, 5) is 22.8. The highest BCUT2D eigenvalue weighted by Gasteiger charge is 2.21. The third kappa shape index (κ3) is 5.23. The molecule has 7 nitrogen and oxygen atoms in total. The molecule has 0 fully saturated rings. The highest BCUT2D eigenvalue weighted by atomic mass is 35.5. The summed E-state index contributed by atoms with van der Waals surface area (Å²) < 4.78 is 30.1. The number of amides is 1. The standard InChI is InChI=1S/C27H20Cl2N4O3S2/c1-3-17-4-8-20(9-5-17)38(35,36)32-27(34)23-11-10-22-26(31-23)33(16(2)30-22)15-19-7-6-18(14-21(19)28)24-12-13-25(29)37-24/h3-14H,1,15H2,2H3,(H,32,34). The number of benzene rings is 2. The molecule has 5 aromatic rings. The smallest absolute Gasteiger partial charge is 0.283 e. The first-order chi connectivity index (χ1) is 18.1. The molecule has 38 heavy (non-hydrogen) atoms. The van der Waals surface area contributed by atoms with Crippen LogP contribution in [0, 0.1) is 6.92 Å². The van der Waals surface area contributed by atoms with Crippen LogP contribution in [0.15, 0.2) is 78.2 Å². The van der Waals surface area contributed by atoms with Gasteiger partial charge in [-0.05, 0) is 66.1 Å². The number of hydrogen-bond acceptors (Lipinski definition) is 6. The van der Waals surface area contributed by atoms with Crippen molar-refractivity contribution in [3.8, 4) is 10.4 Å². The number of imidazole rings is 1. The Morgan fingerprint density at radius 2 is 1.82 bits per heavy atom. The van der Waals surface area contributed by atoms with Crippen LogP contribution in [-0.4, -0.2) is 28.9 Å². The Morgan fingerprint density at radius 1 is 1.05 bits per heavy atom. The van der Waals surface area contributed by atoms with Gasteiger partial charge in [-0.2, -0.15) is 0 Å². The average Bonchev–Trinajstić information content (AvgIpc) is 3.47. The molecule has 11 heteroatoms. The quantitative estimate of drug-likeness (QED) is 0.234. The van der Waals surface area contributed by atoms with Gasteiger partial charge < -0.3 is 4.57 Å². The van der Waals surface area contributed by atoms with E-state index in [0.29, 0.717) is 32.9 Å². The summed E-state index contributed by atoms with van der Waals surface area (Å²) in [5.74, 6) is -0.174. The number of sulfonamides is 1. The molecule has 0 aliphatic heterocycles. The minimum atomic E-state index is -4.09. The molecule has 2 aromatic carbocycles. The zero-order chi connectivity index (χ0) is 27.0. The van der Waals surface area contributed by atoms with Crippen molar-refractivity contribution in [3.05, 3.63) is 105 Å². The zero-order valence-corrected chi connectivity index (χ0v) is 23.1. The number of aromatic nitrogens is 3. The van der Waals surface area contributed by atoms with Crippen LogP contribution in [0.3, 0.4) is 0 Å². The normalized spacial score (nSPS) is 11.6. The van der Waals surface area contributed by atoms with Gasteiger partial charge in [0.2, 0.25) is 0 Å². The summed E-state index contributed by atoms with van der Waals surface area (Å²) in [6.07, 6.45) is 1.60. The van der Waals surface area contributed by atoms with E-state index in [1.807, 2.05) is 41.8 Å². The fourth-order valence-electron chi connectivity index (χ4n) is 3.92. The lowest BCUT2D eigenvalue weighted by Crippen LogP contribution is -2.31. The number of hydrogen-bond donors (Lipinski definition) is 1. The lowest BCUT2D eigenvalue weighted by Gasteiger charge is -2.11. The van der Waals surface area contributed by atoms with E-state index in [9.17, 15) is 13.2 Å². The second-order valence-electron chi connectivity index (χ2n) is 8.40. The topological polar surface area (TPSA) is 94.0 Å². The lowest BCUT2D eigenvalue weighted by molar-refractivity contribution is 0.0977. The maximum Gasteiger partial charge on any atom is 0.283 e. The SMILES string of the molecule is C=Cc1ccc(S(=O)(=O)NC(=O)c2ccc3nc(C)n(Cc4ccc(-c5ccc(Cl)s5)cc4Cl)c3n2)cc1. The molecule has 1 amide bonds. The van der Waals surface area contributed by atoms with Gasteiger partial charge in [-0.3, -0.25) is 4.79 Å². The number of thiophene rings is 1. The summed E-state index contributed by atoms with van der Waals surface area (Å²) in [7, 11) is -4.09. The third-order valence-electron chi connectivity index (χ3n) is 5.91. The predicted octanol–water partition coefficient (Wildman–Crippen LogP) is 6.59. The van der Waals surface area contributed by atoms with Crippen molar-refractivity contribution in [1.82, 2.24) is 19.3 Å². The van der Waals surface area contributed by atoms with E-state index in [0.717, 1.165) is 21.6 Å². The molecular weight excluding hydrogens is 563 g/mol. The van der Waals surface area contributed by atoms with E-state index in [1.165, 1.54) is 29.5 Å². The maximum absolute atomic E-state index is 12.9. The van der Waals surface area contributed by atoms with Gasteiger partial charge >= 0.3 is 0 Å². The minimum Gasteiger partial charge on any atom is -0.308 e. The molecule has 3 heterocycles. The molecule has 5 rings (SSSR count). The van der Waals surface area contributed by atoms with Crippen LogP contribution in [0.4, 0.5) is 0 Å². The molecule has 0 aliphatic rings. The number of carbonyl (C=O) groups is 1. The number of nitrogens with zero attached hydrogens (tertiary/aromatic N) is 3. The van der Waals surface area contributed by atoms with E-state index in [-0.39, 0.29) is 10.6 Å². The molecule has 1 N–H and O–H groups in total. The average molecular weight is 584 g/mol. The number of rotatable bonds is 7. The van der Waals surface area contributed by atoms with Gasteiger partial charge in [-0.15, -0.1) is 11.3 Å². The van der Waals surface area contributed by atoms with Gasteiger partial charge in [-0.1, -0.05) is 60.1 Å². The molecule has 0 spiro atoms. The summed E-state index contributed by atoms with van der Waals surface area (Å²) >= 11 is 14.2. The second kappa shape index (κ2) is 10.3. The molecular formula is C27H20Cl2N4O3S2. The molecule has 0 bridgehead atoms. The summed E-state index contributed by atoms with van der Waals surface area (Å²) in [6, 6.07) is 18.7. The first-order valence-electron chi connectivity index (χ1n) is 11.3.